The molecule has 1 N–H and O–H groups in total. The summed E-state index contributed by atoms with van der Waals surface area (Å²) in [5.41, 5.74) is 3.86. The van der Waals surface area contributed by atoms with Gasteiger partial charge in [-0.1, -0.05) is 25.1 Å². The number of hydrogen-bond donors (Lipinski definition) is 1. The van der Waals surface area contributed by atoms with Crippen LogP contribution in [0.1, 0.15) is 29.5 Å². The average Bonchev–Trinajstić information content (AvgIpc) is 3.19. The number of rotatable bonds is 7. The molecule has 152 valence electrons. The van der Waals surface area contributed by atoms with Crippen molar-refractivity contribution in [3.63, 3.8) is 0 Å². The van der Waals surface area contributed by atoms with E-state index in [2.05, 4.69) is 30.4 Å². The standard InChI is InChI=1S/C24H28N2O3/c1-2-10-25-11-9-22-17-21-16-20(7-8-23(21)29-22)18-3-5-19(6-4-18)24(27)26-12-14-28-15-13-26/h3-8,16-17,25H,2,9-15H2,1H3. The highest BCUT2D eigenvalue weighted by Crippen LogP contribution is 2.27. The Labute approximate surface area is 171 Å². The molecule has 1 aliphatic rings. The van der Waals surface area contributed by atoms with Crippen LogP contribution in [-0.4, -0.2) is 50.2 Å². The molecule has 2 heterocycles. The molecule has 0 spiro atoms. The number of benzene rings is 2. The monoisotopic (exact) mass is 392 g/mol. The lowest BCUT2D eigenvalue weighted by molar-refractivity contribution is 0.0303. The molecule has 0 saturated carbocycles. The number of amides is 1. The second-order valence-electron chi connectivity index (χ2n) is 7.45. The molecule has 1 aliphatic heterocycles. The van der Waals surface area contributed by atoms with Gasteiger partial charge in [0.05, 0.1) is 13.2 Å². The molecule has 1 amide bonds. The Morgan fingerprint density at radius 3 is 2.52 bits per heavy atom. The van der Waals surface area contributed by atoms with Crippen LogP contribution >= 0.6 is 0 Å². The number of fused-ring (bicyclic) bond motifs is 1. The smallest absolute Gasteiger partial charge is 0.254 e. The summed E-state index contributed by atoms with van der Waals surface area (Å²) in [6.07, 6.45) is 2.03. The van der Waals surface area contributed by atoms with Gasteiger partial charge >= 0.3 is 0 Å². The fourth-order valence-electron chi connectivity index (χ4n) is 3.67. The van der Waals surface area contributed by atoms with Gasteiger partial charge in [-0.2, -0.15) is 0 Å². The number of morpholine rings is 1. The van der Waals surface area contributed by atoms with E-state index in [9.17, 15) is 4.79 Å². The van der Waals surface area contributed by atoms with Crippen molar-refractivity contribution in [1.29, 1.82) is 0 Å². The van der Waals surface area contributed by atoms with Crippen LogP contribution in [-0.2, 0) is 11.2 Å². The van der Waals surface area contributed by atoms with Gasteiger partial charge in [0, 0.05) is 37.0 Å². The Morgan fingerprint density at radius 1 is 1.00 bits per heavy atom. The van der Waals surface area contributed by atoms with Crippen LogP contribution in [0.2, 0.25) is 0 Å². The second-order valence-corrected chi connectivity index (χ2v) is 7.45. The van der Waals surface area contributed by atoms with Crippen molar-refractivity contribution in [2.45, 2.75) is 19.8 Å². The van der Waals surface area contributed by atoms with Gasteiger partial charge in [-0.15, -0.1) is 0 Å². The molecule has 0 atom stereocenters. The number of nitrogens with one attached hydrogen (secondary N) is 1. The van der Waals surface area contributed by atoms with Crippen molar-refractivity contribution in [2.75, 3.05) is 39.4 Å². The van der Waals surface area contributed by atoms with E-state index in [0.717, 1.165) is 59.4 Å². The Kier molecular flexibility index (Phi) is 6.27. The van der Waals surface area contributed by atoms with Gasteiger partial charge in [-0.3, -0.25) is 4.79 Å². The van der Waals surface area contributed by atoms with Gasteiger partial charge in [-0.25, -0.2) is 0 Å². The maximum absolute atomic E-state index is 12.6. The predicted octanol–water partition coefficient (Wildman–Crippen LogP) is 4.11. The summed E-state index contributed by atoms with van der Waals surface area (Å²) >= 11 is 0. The van der Waals surface area contributed by atoms with Crippen LogP contribution in [0.4, 0.5) is 0 Å². The van der Waals surface area contributed by atoms with Crippen molar-refractivity contribution >= 4 is 16.9 Å². The normalized spacial score (nSPS) is 14.4. The number of carbonyl (C=O) groups excluding carboxylic acids is 1. The van der Waals surface area contributed by atoms with Gasteiger partial charge in [0.15, 0.2) is 0 Å². The fourth-order valence-corrected chi connectivity index (χ4v) is 3.67. The Bertz CT molecular complexity index is 956. The van der Waals surface area contributed by atoms with Crippen LogP contribution in [0, 0.1) is 0 Å². The number of ether oxygens (including phenoxy) is 1. The maximum Gasteiger partial charge on any atom is 0.254 e. The minimum Gasteiger partial charge on any atom is -0.461 e. The summed E-state index contributed by atoms with van der Waals surface area (Å²) in [7, 11) is 0. The summed E-state index contributed by atoms with van der Waals surface area (Å²) in [5, 5.41) is 4.52. The summed E-state index contributed by atoms with van der Waals surface area (Å²) in [6, 6.07) is 16.2. The minimum atomic E-state index is 0.0754. The van der Waals surface area contributed by atoms with Crippen LogP contribution in [0.3, 0.4) is 0 Å². The summed E-state index contributed by atoms with van der Waals surface area (Å²) in [4.78, 5) is 14.5. The second kappa shape index (κ2) is 9.25. The predicted molar refractivity (Wildman–Crippen MR) is 115 cm³/mol. The van der Waals surface area contributed by atoms with Crippen LogP contribution in [0.5, 0.6) is 0 Å². The van der Waals surface area contributed by atoms with Crippen molar-refractivity contribution in [3.8, 4) is 11.1 Å². The first kappa shape index (κ1) is 19.7. The Morgan fingerprint density at radius 2 is 1.76 bits per heavy atom. The van der Waals surface area contributed by atoms with E-state index in [1.165, 1.54) is 0 Å². The number of furan rings is 1. The van der Waals surface area contributed by atoms with Crippen LogP contribution < -0.4 is 5.32 Å². The lowest BCUT2D eigenvalue weighted by atomic mass is 10.0. The fraction of sp³-hybridized carbons (Fsp3) is 0.375. The maximum atomic E-state index is 12.6. The first-order chi connectivity index (χ1) is 14.2. The molecule has 2 aromatic carbocycles. The van der Waals surface area contributed by atoms with E-state index >= 15 is 0 Å². The summed E-state index contributed by atoms with van der Waals surface area (Å²) in [5.74, 6) is 1.08. The molecule has 4 rings (SSSR count). The van der Waals surface area contributed by atoms with E-state index in [0.29, 0.717) is 26.3 Å². The molecular formula is C24H28N2O3. The quantitative estimate of drug-likeness (QED) is 0.615. The van der Waals surface area contributed by atoms with E-state index in [1.807, 2.05) is 35.2 Å². The van der Waals surface area contributed by atoms with E-state index in [1.54, 1.807) is 0 Å². The zero-order valence-corrected chi connectivity index (χ0v) is 16.9. The molecule has 0 radical (unpaired) electrons. The van der Waals surface area contributed by atoms with Crippen LogP contribution in [0.25, 0.3) is 22.1 Å². The van der Waals surface area contributed by atoms with E-state index < -0.39 is 0 Å². The zero-order chi connectivity index (χ0) is 20.1. The molecule has 29 heavy (non-hydrogen) atoms. The van der Waals surface area contributed by atoms with Gasteiger partial charge in [0.25, 0.3) is 5.91 Å². The van der Waals surface area contributed by atoms with Gasteiger partial charge in [0.1, 0.15) is 11.3 Å². The first-order valence-electron chi connectivity index (χ1n) is 10.5. The highest BCUT2D eigenvalue weighted by atomic mass is 16.5. The molecule has 1 aromatic heterocycles. The molecule has 1 saturated heterocycles. The van der Waals surface area contributed by atoms with Crippen molar-refractivity contribution in [1.82, 2.24) is 10.2 Å². The lowest BCUT2D eigenvalue weighted by Crippen LogP contribution is -2.40. The number of nitrogens with zero attached hydrogens (tertiary/aromatic N) is 1. The van der Waals surface area contributed by atoms with E-state index in [4.69, 9.17) is 9.15 Å². The zero-order valence-electron chi connectivity index (χ0n) is 16.9. The third-order valence-corrected chi connectivity index (χ3v) is 5.31. The molecule has 3 aromatic rings. The highest BCUT2D eigenvalue weighted by Gasteiger charge is 2.18. The van der Waals surface area contributed by atoms with Crippen molar-refractivity contribution in [2.24, 2.45) is 0 Å². The van der Waals surface area contributed by atoms with Gasteiger partial charge in [0.2, 0.25) is 0 Å². The topological polar surface area (TPSA) is 54.7 Å². The SMILES string of the molecule is CCCNCCc1cc2cc(-c3ccc(C(=O)N4CCOCC4)cc3)ccc2o1. The molecule has 5 heteroatoms. The van der Waals surface area contributed by atoms with Crippen molar-refractivity contribution < 1.29 is 13.9 Å². The van der Waals surface area contributed by atoms with Gasteiger partial charge in [-0.05, 0) is 54.4 Å². The number of hydrogen-bond acceptors (Lipinski definition) is 4. The molecule has 0 unspecified atom stereocenters. The third kappa shape index (κ3) is 4.69. The first-order valence-corrected chi connectivity index (χ1v) is 10.5. The molecule has 0 bridgehead atoms. The van der Waals surface area contributed by atoms with Crippen LogP contribution in [0.15, 0.2) is 52.9 Å². The molecular weight excluding hydrogens is 364 g/mol. The largest absolute Gasteiger partial charge is 0.461 e. The van der Waals surface area contributed by atoms with Gasteiger partial charge < -0.3 is 19.4 Å². The lowest BCUT2D eigenvalue weighted by Gasteiger charge is -2.26. The third-order valence-electron chi connectivity index (χ3n) is 5.31. The molecule has 5 nitrogen and oxygen atoms in total. The molecule has 1 fully saturated rings. The number of carbonyl (C=O) groups is 1. The summed E-state index contributed by atoms with van der Waals surface area (Å²) in [6.45, 7) is 6.69. The highest BCUT2D eigenvalue weighted by molar-refractivity contribution is 5.95. The van der Waals surface area contributed by atoms with Crippen molar-refractivity contribution in [3.05, 3.63) is 59.9 Å². The summed E-state index contributed by atoms with van der Waals surface area (Å²) < 4.78 is 11.3. The van der Waals surface area contributed by atoms with E-state index in [-0.39, 0.29) is 5.91 Å². The minimum absolute atomic E-state index is 0.0754. The Hall–Kier alpha value is -2.63. The Balaban J connectivity index is 1.46. The molecule has 0 aliphatic carbocycles. The average molecular weight is 392 g/mol.